The molecular formula is C15H28N2. The van der Waals surface area contributed by atoms with Gasteiger partial charge >= 0.3 is 0 Å². The summed E-state index contributed by atoms with van der Waals surface area (Å²) in [5, 5.41) is 3.85. The molecule has 2 aliphatic carbocycles. The van der Waals surface area contributed by atoms with E-state index in [4.69, 9.17) is 0 Å². The predicted molar refractivity (Wildman–Crippen MR) is 72.1 cm³/mol. The van der Waals surface area contributed by atoms with Gasteiger partial charge in [0.25, 0.3) is 0 Å². The minimum atomic E-state index is 0.795. The van der Waals surface area contributed by atoms with Crippen molar-refractivity contribution in [3.05, 3.63) is 0 Å². The van der Waals surface area contributed by atoms with Gasteiger partial charge in [-0.3, -0.25) is 0 Å². The van der Waals surface area contributed by atoms with Crippen molar-refractivity contribution in [3.63, 3.8) is 0 Å². The van der Waals surface area contributed by atoms with Crippen molar-refractivity contribution < 1.29 is 0 Å². The SMILES string of the molecule is C1CCC(CNC2CCCN(CC3CC3)C2)C1. The van der Waals surface area contributed by atoms with Crippen molar-refractivity contribution >= 4 is 0 Å². The lowest BCUT2D eigenvalue weighted by Crippen LogP contribution is -2.47. The molecule has 0 aromatic carbocycles. The van der Waals surface area contributed by atoms with Crippen LogP contribution in [0.25, 0.3) is 0 Å². The molecule has 3 aliphatic rings. The van der Waals surface area contributed by atoms with E-state index in [2.05, 4.69) is 10.2 Å². The Hall–Kier alpha value is -0.0800. The molecule has 2 saturated carbocycles. The molecule has 2 nitrogen and oxygen atoms in total. The molecule has 0 aromatic rings. The Labute approximate surface area is 106 Å². The fraction of sp³-hybridized carbons (Fsp3) is 1.00. The van der Waals surface area contributed by atoms with E-state index in [0.29, 0.717) is 0 Å². The summed E-state index contributed by atoms with van der Waals surface area (Å²) < 4.78 is 0. The maximum atomic E-state index is 3.85. The summed E-state index contributed by atoms with van der Waals surface area (Å²) in [6, 6.07) is 0.795. The molecule has 0 radical (unpaired) electrons. The minimum absolute atomic E-state index is 0.795. The van der Waals surface area contributed by atoms with Gasteiger partial charge in [0.1, 0.15) is 0 Å². The number of piperidine rings is 1. The third kappa shape index (κ3) is 3.69. The standard InChI is InChI=1S/C15H28N2/c1-2-5-13(4-1)10-16-15-6-3-9-17(12-15)11-14-7-8-14/h13-16H,1-12H2. The summed E-state index contributed by atoms with van der Waals surface area (Å²) in [6.07, 6.45) is 11.7. The van der Waals surface area contributed by atoms with Crippen LogP contribution in [0, 0.1) is 11.8 Å². The molecule has 0 spiro atoms. The number of nitrogens with zero attached hydrogens (tertiary/aromatic N) is 1. The molecule has 0 amide bonds. The van der Waals surface area contributed by atoms with Gasteiger partial charge in [-0.15, -0.1) is 0 Å². The van der Waals surface area contributed by atoms with Crippen LogP contribution in [-0.4, -0.2) is 37.1 Å². The molecule has 1 aliphatic heterocycles. The fourth-order valence-electron chi connectivity index (χ4n) is 3.60. The maximum absolute atomic E-state index is 3.85. The van der Waals surface area contributed by atoms with E-state index in [-0.39, 0.29) is 0 Å². The van der Waals surface area contributed by atoms with Gasteiger partial charge < -0.3 is 10.2 Å². The third-order valence-electron chi connectivity index (χ3n) is 4.89. The molecule has 0 bridgehead atoms. The van der Waals surface area contributed by atoms with Gasteiger partial charge in [-0.05, 0) is 63.5 Å². The second-order valence-electron chi connectivity index (χ2n) is 6.60. The lowest BCUT2D eigenvalue weighted by atomic mass is 10.0. The predicted octanol–water partition coefficient (Wildman–Crippen LogP) is 2.64. The molecule has 3 rings (SSSR count). The van der Waals surface area contributed by atoms with E-state index in [1.165, 1.54) is 77.5 Å². The second-order valence-corrected chi connectivity index (χ2v) is 6.60. The largest absolute Gasteiger partial charge is 0.312 e. The van der Waals surface area contributed by atoms with Gasteiger partial charge in [-0.1, -0.05) is 12.8 Å². The Morgan fingerprint density at radius 2 is 1.71 bits per heavy atom. The smallest absolute Gasteiger partial charge is 0.0195 e. The van der Waals surface area contributed by atoms with Crippen LogP contribution >= 0.6 is 0 Å². The molecule has 2 heteroatoms. The Morgan fingerprint density at radius 3 is 2.47 bits per heavy atom. The first-order valence-corrected chi connectivity index (χ1v) is 7.86. The van der Waals surface area contributed by atoms with Crippen molar-refractivity contribution in [1.29, 1.82) is 0 Å². The van der Waals surface area contributed by atoms with Crippen LogP contribution in [0.15, 0.2) is 0 Å². The highest BCUT2D eigenvalue weighted by Crippen LogP contribution is 2.30. The number of hydrogen-bond donors (Lipinski definition) is 1. The lowest BCUT2D eigenvalue weighted by Gasteiger charge is -2.33. The quantitative estimate of drug-likeness (QED) is 0.789. The maximum Gasteiger partial charge on any atom is 0.0195 e. The summed E-state index contributed by atoms with van der Waals surface area (Å²) in [5.74, 6) is 2.05. The van der Waals surface area contributed by atoms with Crippen LogP contribution in [0.3, 0.4) is 0 Å². The Bertz CT molecular complexity index is 231. The number of hydrogen-bond acceptors (Lipinski definition) is 2. The lowest BCUT2D eigenvalue weighted by molar-refractivity contribution is 0.181. The van der Waals surface area contributed by atoms with Crippen molar-refractivity contribution in [3.8, 4) is 0 Å². The molecule has 1 unspecified atom stereocenters. The highest BCUT2D eigenvalue weighted by molar-refractivity contribution is 4.84. The third-order valence-corrected chi connectivity index (χ3v) is 4.89. The summed E-state index contributed by atoms with van der Waals surface area (Å²) in [5.41, 5.74) is 0. The molecule has 98 valence electrons. The van der Waals surface area contributed by atoms with E-state index in [1.54, 1.807) is 0 Å². The molecule has 1 atom stereocenters. The van der Waals surface area contributed by atoms with Gasteiger partial charge in [-0.2, -0.15) is 0 Å². The second kappa shape index (κ2) is 5.71. The van der Waals surface area contributed by atoms with Crippen LogP contribution in [0.2, 0.25) is 0 Å². The van der Waals surface area contributed by atoms with Crippen LogP contribution in [0.4, 0.5) is 0 Å². The van der Waals surface area contributed by atoms with E-state index in [0.717, 1.165) is 17.9 Å². The van der Waals surface area contributed by atoms with Crippen LogP contribution in [0.5, 0.6) is 0 Å². The van der Waals surface area contributed by atoms with Crippen molar-refractivity contribution in [1.82, 2.24) is 10.2 Å². The molecular weight excluding hydrogens is 208 g/mol. The summed E-state index contributed by atoms with van der Waals surface area (Å²) in [4.78, 5) is 2.72. The summed E-state index contributed by atoms with van der Waals surface area (Å²) in [6.45, 7) is 5.37. The first-order chi connectivity index (χ1) is 8.40. The molecule has 0 aromatic heterocycles. The monoisotopic (exact) mass is 236 g/mol. The number of rotatable bonds is 5. The average Bonchev–Trinajstić information content (AvgIpc) is 3.00. The van der Waals surface area contributed by atoms with Crippen LogP contribution in [-0.2, 0) is 0 Å². The highest BCUT2D eigenvalue weighted by Gasteiger charge is 2.27. The number of likely N-dealkylation sites (tertiary alicyclic amines) is 1. The molecule has 1 heterocycles. The van der Waals surface area contributed by atoms with Gasteiger partial charge in [0, 0.05) is 19.1 Å². The number of nitrogens with one attached hydrogen (secondary N) is 1. The molecule has 17 heavy (non-hydrogen) atoms. The van der Waals surface area contributed by atoms with Crippen LogP contribution in [0.1, 0.15) is 51.4 Å². The first-order valence-electron chi connectivity index (χ1n) is 7.86. The molecule has 3 fully saturated rings. The van der Waals surface area contributed by atoms with E-state index >= 15 is 0 Å². The molecule has 1 saturated heterocycles. The van der Waals surface area contributed by atoms with Gasteiger partial charge in [0.05, 0.1) is 0 Å². The Morgan fingerprint density at radius 1 is 0.882 bits per heavy atom. The van der Waals surface area contributed by atoms with Crippen molar-refractivity contribution in [2.75, 3.05) is 26.2 Å². The normalized spacial score (nSPS) is 32.1. The van der Waals surface area contributed by atoms with E-state index in [1.807, 2.05) is 0 Å². The van der Waals surface area contributed by atoms with E-state index < -0.39 is 0 Å². The van der Waals surface area contributed by atoms with Crippen LogP contribution < -0.4 is 5.32 Å². The van der Waals surface area contributed by atoms with Crippen molar-refractivity contribution in [2.24, 2.45) is 11.8 Å². The highest BCUT2D eigenvalue weighted by atomic mass is 15.2. The zero-order chi connectivity index (χ0) is 11.5. The summed E-state index contributed by atoms with van der Waals surface area (Å²) in [7, 11) is 0. The Kier molecular flexibility index (Phi) is 4.02. The zero-order valence-corrected chi connectivity index (χ0v) is 11.2. The Balaban J connectivity index is 1.36. The zero-order valence-electron chi connectivity index (χ0n) is 11.2. The molecule has 1 N–H and O–H groups in total. The van der Waals surface area contributed by atoms with Gasteiger partial charge in [0.15, 0.2) is 0 Å². The fourth-order valence-corrected chi connectivity index (χ4v) is 3.60. The first kappa shape index (κ1) is 12.0. The summed E-state index contributed by atoms with van der Waals surface area (Å²) >= 11 is 0. The van der Waals surface area contributed by atoms with Gasteiger partial charge in [0.2, 0.25) is 0 Å². The van der Waals surface area contributed by atoms with E-state index in [9.17, 15) is 0 Å². The van der Waals surface area contributed by atoms with Crippen molar-refractivity contribution in [2.45, 2.75) is 57.4 Å². The topological polar surface area (TPSA) is 15.3 Å². The minimum Gasteiger partial charge on any atom is -0.312 e. The van der Waals surface area contributed by atoms with Gasteiger partial charge in [-0.25, -0.2) is 0 Å². The average molecular weight is 236 g/mol.